The van der Waals surface area contributed by atoms with Crippen LogP contribution in [0.4, 0.5) is 5.82 Å². The lowest BCUT2D eigenvalue weighted by molar-refractivity contribution is 0.390. The number of thioether (sulfide) groups is 1. The highest BCUT2D eigenvalue weighted by Gasteiger charge is 2.04. The van der Waals surface area contributed by atoms with Crippen molar-refractivity contribution in [2.75, 3.05) is 5.73 Å². The Bertz CT molecular complexity index is 424. The third-order valence-electron chi connectivity index (χ3n) is 1.59. The molecular formula is C8H9N5OS. The van der Waals surface area contributed by atoms with E-state index < -0.39 is 0 Å². The van der Waals surface area contributed by atoms with Gasteiger partial charge in [0.15, 0.2) is 11.5 Å². The Morgan fingerprint density at radius 1 is 1.47 bits per heavy atom. The van der Waals surface area contributed by atoms with Gasteiger partial charge in [0, 0.05) is 11.8 Å². The highest BCUT2D eigenvalue weighted by molar-refractivity contribution is 7.98. The number of hydrogen-bond acceptors (Lipinski definition) is 7. The van der Waals surface area contributed by atoms with Crippen LogP contribution in [-0.2, 0) is 5.75 Å². The minimum Gasteiger partial charge on any atom is -0.384 e. The summed E-state index contributed by atoms with van der Waals surface area (Å²) >= 11 is 1.41. The van der Waals surface area contributed by atoms with Crippen molar-refractivity contribution in [3.05, 3.63) is 24.0 Å². The molecule has 2 heterocycles. The van der Waals surface area contributed by atoms with E-state index in [9.17, 15) is 0 Å². The predicted octanol–water partition coefficient (Wildman–Crippen LogP) is 1.04. The first-order valence-corrected chi connectivity index (χ1v) is 5.22. The maximum absolute atomic E-state index is 5.59. The van der Waals surface area contributed by atoms with E-state index in [-0.39, 0.29) is 0 Å². The lowest BCUT2D eigenvalue weighted by Gasteiger charge is -2.00. The largest absolute Gasteiger partial charge is 0.384 e. The molecule has 0 unspecified atom stereocenters. The summed E-state index contributed by atoms with van der Waals surface area (Å²) in [4.78, 5) is 12.2. The van der Waals surface area contributed by atoms with Crippen molar-refractivity contribution < 1.29 is 4.52 Å². The molecule has 0 fully saturated rings. The van der Waals surface area contributed by atoms with Gasteiger partial charge in [-0.25, -0.2) is 9.97 Å². The SMILES string of the molecule is Cc1cc(N)nc(SCc2ncno2)n1. The molecule has 7 heteroatoms. The summed E-state index contributed by atoms with van der Waals surface area (Å²) < 4.78 is 4.85. The maximum Gasteiger partial charge on any atom is 0.236 e. The number of nitrogens with two attached hydrogens (primary N) is 1. The van der Waals surface area contributed by atoms with Gasteiger partial charge in [-0.1, -0.05) is 16.9 Å². The average molecular weight is 223 g/mol. The normalized spacial score (nSPS) is 10.5. The van der Waals surface area contributed by atoms with Crippen molar-refractivity contribution in [1.29, 1.82) is 0 Å². The van der Waals surface area contributed by atoms with Crippen LogP contribution in [0.5, 0.6) is 0 Å². The molecular weight excluding hydrogens is 214 g/mol. The first kappa shape index (κ1) is 9.91. The molecule has 0 bridgehead atoms. The average Bonchev–Trinajstić information content (AvgIpc) is 2.65. The Kier molecular flexibility index (Phi) is 2.82. The van der Waals surface area contributed by atoms with E-state index >= 15 is 0 Å². The highest BCUT2D eigenvalue weighted by Crippen LogP contribution is 2.18. The summed E-state index contributed by atoms with van der Waals surface area (Å²) in [7, 11) is 0. The van der Waals surface area contributed by atoms with E-state index in [4.69, 9.17) is 10.3 Å². The topological polar surface area (TPSA) is 90.7 Å². The monoisotopic (exact) mass is 223 g/mol. The number of nitrogen functional groups attached to an aromatic ring is 1. The highest BCUT2D eigenvalue weighted by atomic mass is 32.2. The van der Waals surface area contributed by atoms with E-state index in [1.165, 1.54) is 18.1 Å². The zero-order valence-corrected chi connectivity index (χ0v) is 8.86. The molecule has 0 aromatic carbocycles. The molecule has 0 aliphatic heterocycles. The third-order valence-corrected chi connectivity index (χ3v) is 2.42. The molecule has 2 rings (SSSR count). The first-order valence-electron chi connectivity index (χ1n) is 4.23. The van der Waals surface area contributed by atoms with Gasteiger partial charge in [0.05, 0.1) is 5.75 Å². The Morgan fingerprint density at radius 2 is 2.33 bits per heavy atom. The Hall–Kier alpha value is -1.63. The zero-order chi connectivity index (χ0) is 10.7. The molecule has 0 aliphatic rings. The van der Waals surface area contributed by atoms with Crippen LogP contribution >= 0.6 is 11.8 Å². The molecule has 2 N–H and O–H groups in total. The lowest BCUT2D eigenvalue weighted by Crippen LogP contribution is -1.96. The van der Waals surface area contributed by atoms with E-state index in [2.05, 4.69) is 20.1 Å². The molecule has 15 heavy (non-hydrogen) atoms. The molecule has 0 atom stereocenters. The van der Waals surface area contributed by atoms with Gasteiger partial charge in [0.2, 0.25) is 5.89 Å². The third kappa shape index (κ3) is 2.66. The molecule has 0 aliphatic carbocycles. The molecule has 0 amide bonds. The second-order valence-corrected chi connectivity index (χ2v) is 3.78. The number of nitrogens with zero attached hydrogens (tertiary/aromatic N) is 4. The van der Waals surface area contributed by atoms with Gasteiger partial charge in [0.1, 0.15) is 5.82 Å². The molecule has 0 saturated heterocycles. The summed E-state index contributed by atoms with van der Waals surface area (Å²) in [5, 5.41) is 4.12. The minimum absolute atomic E-state index is 0.468. The van der Waals surface area contributed by atoms with Crippen molar-refractivity contribution in [2.45, 2.75) is 17.8 Å². The summed E-state index contributed by atoms with van der Waals surface area (Å²) in [5.41, 5.74) is 6.44. The van der Waals surface area contributed by atoms with Crippen LogP contribution in [0.25, 0.3) is 0 Å². The van der Waals surface area contributed by atoms with Crippen molar-refractivity contribution in [1.82, 2.24) is 20.1 Å². The fraction of sp³-hybridized carbons (Fsp3) is 0.250. The van der Waals surface area contributed by atoms with Crippen molar-refractivity contribution in [3.63, 3.8) is 0 Å². The second-order valence-electron chi connectivity index (χ2n) is 2.84. The van der Waals surface area contributed by atoms with Crippen molar-refractivity contribution >= 4 is 17.6 Å². The lowest BCUT2D eigenvalue weighted by atomic mass is 10.4. The van der Waals surface area contributed by atoms with Crippen molar-refractivity contribution in [3.8, 4) is 0 Å². The second kappa shape index (κ2) is 4.26. The molecule has 0 saturated carbocycles. The summed E-state index contributed by atoms with van der Waals surface area (Å²) in [5.74, 6) is 1.56. The van der Waals surface area contributed by atoms with Gasteiger partial charge in [-0.15, -0.1) is 0 Å². The van der Waals surface area contributed by atoms with Crippen LogP contribution in [0.1, 0.15) is 11.6 Å². The van der Waals surface area contributed by atoms with E-state index in [1.807, 2.05) is 6.92 Å². The van der Waals surface area contributed by atoms with Crippen LogP contribution in [0.2, 0.25) is 0 Å². The molecule has 78 valence electrons. The molecule has 2 aromatic rings. The van der Waals surface area contributed by atoms with Gasteiger partial charge in [-0.3, -0.25) is 0 Å². The minimum atomic E-state index is 0.468. The van der Waals surface area contributed by atoms with Gasteiger partial charge in [0.25, 0.3) is 0 Å². The van der Waals surface area contributed by atoms with Crippen LogP contribution in [0, 0.1) is 6.92 Å². The number of rotatable bonds is 3. The van der Waals surface area contributed by atoms with Crippen LogP contribution in [0.3, 0.4) is 0 Å². The van der Waals surface area contributed by atoms with Gasteiger partial charge in [-0.05, 0) is 6.92 Å². The fourth-order valence-corrected chi connectivity index (χ4v) is 1.77. The van der Waals surface area contributed by atoms with Gasteiger partial charge >= 0.3 is 0 Å². The van der Waals surface area contributed by atoms with Gasteiger partial charge in [-0.2, -0.15) is 4.98 Å². The van der Waals surface area contributed by atoms with E-state index in [0.717, 1.165) is 5.69 Å². The molecule has 2 aromatic heterocycles. The molecule has 0 spiro atoms. The Morgan fingerprint density at radius 3 is 3.00 bits per heavy atom. The van der Waals surface area contributed by atoms with Crippen LogP contribution < -0.4 is 5.73 Å². The van der Waals surface area contributed by atoms with Crippen LogP contribution in [-0.4, -0.2) is 20.1 Å². The summed E-state index contributed by atoms with van der Waals surface area (Å²) in [6.45, 7) is 1.87. The number of hydrogen-bond donors (Lipinski definition) is 1. The molecule has 6 nitrogen and oxygen atoms in total. The first-order chi connectivity index (χ1) is 7.24. The quantitative estimate of drug-likeness (QED) is 0.614. The van der Waals surface area contributed by atoms with E-state index in [1.54, 1.807) is 6.07 Å². The Balaban J connectivity index is 2.05. The number of aromatic nitrogens is 4. The van der Waals surface area contributed by atoms with Gasteiger partial charge < -0.3 is 10.3 Å². The zero-order valence-electron chi connectivity index (χ0n) is 8.04. The molecule has 0 radical (unpaired) electrons. The predicted molar refractivity (Wildman–Crippen MR) is 55.0 cm³/mol. The number of anilines is 1. The van der Waals surface area contributed by atoms with Crippen molar-refractivity contribution in [2.24, 2.45) is 0 Å². The standard InChI is InChI=1S/C8H9N5OS/c1-5-2-6(9)13-8(12-5)15-3-7-10-4-11-14-7/h2,4H,3H2,1H3,(H2,9,12,13). The Labute approximate surface area is 90.3 Å². The summed E-state index contributed by atoms with van der Waals surface area (Å²) in [6, 6.07) is 1.72. The number of aryl methyl sites for hydroxylation is 1. The fourth-order valence-electron chi connectivity index (χ4n) is 1.02. The smallest absolute Gasteiger partial charge is 0.236 e. The van der Waals surface area contributed by atoms with E-state index in [0.29, 0.717) is 22.6 Å². The summed E-state index contributed by atoms with van der Waals surface area (Å²) in [6.07, 6.45) is 1.36. The maximum atomic E-state index is 5.59. The van der Waals surface area contributed by atoms with Crippen LogP contribution in [0.15, 0.2) is 22.1 Å².